The van der Waals surface area contributed by atoms with E-state index < -0.39 is 12.1 Å². The average molecular weight is 463 g/mol. The summed E-state index contributed by atoms with van der Waals surface area (Å²) in [5, 5.41) is 9.20. The van der Waals surface area contributed by atoms with E-state index in [-0.39, 0.29) is 0 Å². The molecule has 3 aromatic rings. The molecule has 0 bridgehead atoms. The van der Waals surface area contributed by atoms with Crippen molar-refractivity contribution in [1.82, 2.24) is 0 Å². The van der Waals surface area contributed by atoms with Crippen LogP contribution in [0.1, 0.15) is 17.5 Å². The van der Waals surface area contributed by atoms with Gasteiger partial charge in [0.1, 0.15) is 23.0 Å². The Balaban J connectivity index is 1.45. The van der Waals surface area contributed by atoms with E-state index >= 15 is 0 Å². The standard InChI is InChI=1S/C28H30O6/c1-3-8-22-19-21(20-27(31-2)28(29)30)11-16-26(22)33-18-7-17-32-23-12-14-25(15-13-23)34-24-9-5-4-6-10-24/h3-6,9-16,19,27H,1,7-8,17-18,20H2,2H3,(H,29,30). The van der Waals surface area contributed by atoms with E-state index in [0.29, 0.717) is 32.5 Å². The van der Waals surface area contributed by atoms with Gasteiger partial charge in [0.25, 0.3) is 0 Å². The SMILES string of the molecule is C=CCc1cc(CC(OC)C(=O)O)ccc1OCCCOc1ccc(Oc2ccccc2)cc1. The van der Waals surface area contributed by atoms with Crippen LogP contribution >= 0.6 is 0 Å². The third-order valence-corrected chi connectivity index (χ3v) is 5.09. The van der Waals surface area contributed by atoms with Crippen LogP contribution in [0.4, 0.5) is 0 Å². The number of allylic oxidation sites excluding steroid dienone is 1. The first-order valence-corrected chi connectivity index (χ1v) is 11.2. The first kappa shape index (κ1) is 24.9. The fraction of sp³-hybridized carbons (Fsp3) is 0.250. The Morgan fingerprint density at radius 1 is 0.941 bits per heavy atom. The number of para-hydroxylation sites is 1. The van der Waals surface area contributed by atoms with Crippen LogP contribution in [-0.2, 0) is 22.4 Å². The summed E-state index contributed by atoms with van der Waals surface area (Å²) >= 11 is 0. The van der Waals surface area contributed by atoms with E-state index in [1.54, 1.807) is 6.08 Å². The lowest BCUT2D eigenvalue weighted by molar-refractivity contribution is -0.148. The van der Waals surface area contributed by atoms with Crippen LogP contribution in [0.3, 0.4) is 0 Å². The van der Waals surface area contributed by atoms with E-state index in [2.05, 4.69) is 6.58 Å². The van der Waals surface area contributed by atoms with Crippen LogP contribution < -0.4 is 14.2 Å². The molecule has 34 heavy (non-hydrogen) atoms. The monoisotopic (exact) mass is 462 g/mol. The number of hydrogen-bond acceptors (Lipinski definition) is 5. The highest BCUT2D eigenvalue weighted by Gasteiger charge is 2.17. The van der Waals surface area contributed by atoms with E-state index in [9.17, 15) is 9.90 Å². The van der Waals surface area contributed by atoms with E-state index in [0.717, 1.165) is 34.1 Å². The summed E-state index contributed by atoms with van der Waals surface area (Å²) in [6, 6.07) is 22.8. The second-order valence-electron chi connectivity index (χ2n) is 7.64. The minimum atomic E-state index is -0.980. The van der Waals surface area contributed by atoms with E-state index in [1.807, 2.05) is 72.8 Å². The summed E-state index contributed by atoms with van der Waals surface area (Å²) in [7, 11) is 1.40. The summed E-state index contributed by atoms with van der Waals surface area (Å²) in [4.78, 5) is 11.2. The smallest absolute Gasteiger partial charge is 0.333 e. The van der Waals surface area contributed by atoms with Gasteiger partial charge in [-0.05, 0) is 60.0 Å². The van der Waals surface area contributed by atoms with Crippen molar-refractivity contribution in [3.05, 3.63) is 96.6 Å². The van der Waals surface area contributed by atoms with Crippen molar-refractivity contribution in [3.63, 3.8) is 0 Å². The van der Waals surface area contributed by atoms with Gasteiger partial charge in [0.05, 0.1) is 13.2 Å². The molecule has 6 nitrogen and oxygen atoms in total. The Morgan fingerprint density at radius 3 is 2.29 bits per heavy atom. The minimum Gasteiger partial charge on any atom is -0.493 e. The Bertz CT molecular complexity index is 1050. The van der Waals surface area contributed by atoms with Gasteiger partial charge >= 0.3 is 5.97 Å². The molecule has 0 amide bonds. The first-order valence-electron chi connectivity index (χ1n) is 11.2. The van der Waals surface area contributed by atoms with Gasteiger partial charge in [-0.3, -0.25) is 0 Å². The number of methoxy groups -OCH3 is 1. The molecule has 6 heteroatoms. The maximum Gasteiger partial charge on any atom is 0.333 e. The number of hydrogen-bond donors (Lipinski definition) is 1. The molecule has 0 aliphatic carbocycles. The normalized spacial score (nSPS) is 11.4. The summed E-state index contributed by atoms with van der Waals surface area (Å²) in [6.07, 6.45) is 2.55. The Morgan fingerprint density at radius 2 is 1.62 bits per heavy atom. The predicted molar refractivity (Wildman–Crippen MR) is 131 cm³/mol. The van der Waals surface area contributed by atoms with Crippen molar-refractivity contribution >= 4 is 5.97 Å². The molecule has 0 saturated heterocycles. The second-order valence-corrected chi connectivity index (χ2v) is 7.64. The molecule has 1 N–H and O–H groups in total. The Hall–Kier alpha value is -3.77. The molecule has 1 unspecified atom stereocenters. The van der Waals surface area contributed by atoms with E-state index in [4.69, 9.17) is 18.9 Å². The number of carbonyl (C=O) groups is 1. The van der Waals surface area contributed by atoms with Crippen LogP contribution in [0.25, 0.3) is 0 Å². The maximum atomic E-state index is 11.2. The Labute approximate surface area is 200 Å². The van der Waals surface area contributed by atoms with Crippen molar-refractivity contribution in [3.8, 4) is 23.0 Å². The summed E-state index contributed by atoms with van der Waals surface area (Å²) < 4.78 is 22.6. The zero-order valence-electron chi connectivity index (χ0n) is 19.3. The lowest BCUT2D eigenvalue weighted by atomic mass is 10.0. The van der Waals surface area contributed by atoms with Crippen LogP contribution in [0.5, 0.6) is 23.0 Å². The highest BCUT2D eigenvalue weighted by atomic mass is 16.5. The minimum absolute atomic E-state index is 0.291. The molecule has 178 valence electrons. The van der Waals surface area contributed by atoms with Gasteiger partial charge in [0.15, 0.2) is 6.10 Å². The molecular weight excluding hydrogens is 432 g/mol. The van der Waals surface area contributed by atoms with Crippen LogP contribution in [-0.4, -0.2) is 37.5 Å². The van der Waals surface area contributed by atoms with Gasteiger partial charge in [-0.25, -0.2) is 4.79 Å². The quantitative estimate of drug-likeness (QED) is 0.245. The number of rotatable bonds is 14. The van der Waals surface area contributed by atoms with E-state index in [1.165, 1.54) is 7.11 Å². The first-order chi connectivity index (χ1) is 16.6. The number of benzene rings is 3. The molecule has 0 aliphatic heterocycles. The maximum absolute atomic E-state index is 11.2. The van der Waals surface area contributed by atoms with Gasteiger partial charge in [-0.1, -0.05) is 36.4 Å². The lowest BCUT2D eigenvalue weighted by Crippen LogP contribution is -2.24. The number of carboxylic acids is 1. The molecule has 0 aromatic heterocycles. The van der Waals surface area contributed by atoms with Gasteiger partial charge < -0.3 is 24.1 Å². The van der Waals surface area contributed by atoms with Gasteiger partial charge in [-0.2, -0.15) is 0 Å². The molecule has 1 atom stereocenters. The number of carboxylic acid groups (broad SMARTS) is 1. The highest BCUT2D eigenvalue weighted by Crippen LogP contribution is 2.24. The number of aliphatic carboxylic acids is 1. The summed E-state index contributed by atoms with van der Waals surface area (Å²) in [6.45, 7) is 4.81. The van der Waals surface area contributed by atoms with Crippen molar-refractivity contribution in [2.75, 3.05) is 20.3 Å². The lowest BCUT2D eigenvalue weighted by Gasteiger charge is -2.15. The van der Waals surface area contributed by atoms with Gasteiger partial charge in [0, 0.05) is 20.0 Å². The fourth-order valence-electron chi connectivity index (χ4n) is 3.36. The zero-order chi connectivity index (χ0) is 24.2. The highest BCUT2D eigenvalue weighted by molar-refractivity contribution is 5.72. The molecule has 0 spiro atoms. The molecule has 3 aromatic carbocycles. The van der Waals surface area contributed by atoms with Crippen molar-refractivity contribution in [2.45, 2.75) is 25.4 Å². The molecule has 3 rings (SSSR count). The largest absolute Gasteiger partial charge is 0.493 e. The van der Waals surface area contributed by atoms with Crippen LogP contribution in [0, 0.1) is 0 Å². The molecule has 0 radical (unpaired) electrons. The van der Waals surface area contributed by atoms with Crippen molar-refractivity contribution in [1.29, 1.82) is 0 Å². The predicted octanol–water partition coefficient (Wildman–Crippen LogP) is 5.70. The Kier molecular flexibility index (Phi) is 9.55. The molecule has 0 fully saturated rings. The van der Waals surface area contributed by atoms with Crippen molar-refractivity contribution < 1.29 is 28.8 Å². The third-order valence-electron chi connectivity index (χ3n) is 5.09. The molecule has 0 heterocycles. The summed E-state index contributed by atoms with van der Waals surface area (Å²) in [5.41, 5.74) is 1.84. The van der Waals surface area contributed by atoms with Gasteiger partial charge in [-0.15, -0.1) is 6.58 Å². The zero-order valence-corrected chi connectivity index (χ0v) is 19.3. The summed E-state index contributed by atoms with van der Waals surface area (Å²) in [5.74, 6) is 2.09. The van der Waals surface area contributed by atoms with Crippen molar-refractivity contribution in [2.24, 2.45) is 0 Å². The second kappa shape index (κ2) is 13.1. The van der Waals surface area contributed by atoms with Crippen LogP contribution in [0.15, 0.2) is 85.5 Å². The molecule has 0 saturated carbocycles. The van der Waals surface area contributed by atoms with Gasteiger partial charge in [0.2, 0.25) is 0 Å². The van der Waals surface area contributed by atoms with Crippen LogP contribution in [0.2, 0.25) is 0 Å². The molecular formula is C28H30O6. The molecule has 0 aliphatic rings. The average Bonchev–Trinajstić information content (AvgIpc) is 2.85. The third kappa shape index (κ3) is 7.67. The fourth-order valence-corrected chi connectivity index (χ4v) is 3.36. The topological polar surface area (TPSA) is 74.2 Å². The number of ether oxygens (including phenoxy) is 4.